The molecule has 0 atom stereocenters. The first-order chi connectivity index (χ1) is 10.8. The topological polar surface area (TPSA) is 36.9 Å². The Kier molecular flexibility index (Phi) is 15.0. The van der Waals surface area contributed by atoms with E-state index >= 15 is 0 Å². The largest absolute Gasteiger partial charge is 2.00 e. The third-order valence-electron chi connectivity index (χ3n) is 1.54. The van der Waals surface area contributed by atoms with Crippen molar-refractivity contribution >= 4 is 59.5 Å². The summed E-state index contributed by atoms with van der Waals surface area (Å²) >= 11 is 20.5. The Morgan fingerprint density at radius 1 is 0.481 bits per heavy atom. The normalized spacial score (nSPS) is 14.1. The molecule has 0 aliphatic carbocycles. The van der Waals surface area contributed by atoms with Crippen molar-refractivity contribution in [3.8, 4) is 0 Å². The van der Waals surface area contributed by atoms with Gasteiger partial charge in [-0.1, -0.05) is 23.6 Å². The first-order valence-corrected chi connectivity index (χ1v) is 15.6. The van der Waals surface area contributed by atoms with Gasteiger partial charge >= 0.3 is 19.5 Å². The molecule has 0 spiro atoms. The van der Waals surface area contributed by atoms with Crippen LogP contribution in [0.25, 0.3) is 0 Å². The Morgan fingerprint density at radius 2 is 0.593 bits per heavy atom. The summed E-state index contributed by atoms with van der Waals surface area (Å²) in [7, 11) is 0. The minimum Gasteiger partial charge on any atom is -0.691 e. The van der Waals surface area contributed by atoms with E-state index < -0.39 is 11.4 Å². The van der Waals surface area contributed by atoms with E-state index in [0.29, 0.717) is 0 Å². The summed E-state index contributed by atoms with van der Waals surface area (Å²) in [5.74, 6) is 0. The fourth-order valence-electron chi connectivity index (χ4n) is 1.38. The number of hydrogen-bond donors (Lipinski definition) is 0. The summed E-state index contributed by atoms with van der Waals surface area (Å²) in [4.78, 5) is 0. The van der Waals surface area contributed by atoms with Crippen molar-refractivity contribution in [1.82, 2.24) is 0 Å². The van der Waals surface area contributed by atoms with Crippen molar-refractivity contribution in [1.29, 1.82) is 0 Å². The molecule has 11 heteroatoms. The van der Waals surface area contributed by atoms with E-state index in [0.717, 1.165) is 0 Å². The Bertz CT molecular complexity index is 444. The molecular weight excluding hydrogens is 512 g/mol. The zero-order chi connectivity index (χ0) is 21.8. The van der Waals surface area contributed by atoms with Crippen LogP contribution >= 0.6 is 11.4 Å². The van der Waals surface area contributed by atoms with Gasteiger partial charge < -0.3 is 42.6 Å². The maximum atomic E-state index is 5.52. The van der Waals surface area contributed by atoms with Gasteiger partial charge in [0.05, 0.1) is 33.8 Å². The molecule has 0 N–H and O–H groups in total. The Hall–Kier alpha value is 2.46. The van der Waals surface area contributed by atoms with E-state index in [1.807, 2.05) is 83.1 Å². The van der Waals surface area contributed by atoms with Crippen molar-refractivity contribution in [2.45, 2.75) is 105 Å². The van der Waals surface area contributed by atoms with Gasteiger partial charge in [-0.15, -0.1) is 0 Å². The Balaban J connectivity index is -0.000000411. The molecule has 0 saturated heterocycles. The standard InChI is InChI=1S/2C8H19O2PS2.Zn/c2*1-7(2,3)9-11(12,13)10-8(4,5)6;/h2*1-6H3,(H,12,13);/q;;+2/p-2. The van der Waals surface area contributed by atoms with Gasteiger partial charge in [-0.3, -0.25) is 0 Å². The van der Waals surface area contributed by atoms with Crippen molar-refractivity contribution in [3.05, 3.63) is 0 Å². The predicted molar refractivity (Wildman–Crippen MR) is 127 cm³/mol. The molecule has 0 bridgehead atoms. The molecule has 0 radical (unpaired) electrons. The summed E-state index contributed by atoms with van der Waals surface area (Å²) in [5.41, 5.74) is -6.36. The molecule has 0 aromatic rings. The monoisotopic (exact) mass is 546 g/mol. The molecule has 0 saturated carbocycles. The number of hydrogen-bond acceptors (Lipinski definition) is 8. The van der Waals surface area contributed by atoms with Gasteiger partial charge in [-0.25, -0.2) is 0 Å². The van der Waals surface area contributed by atoms with Crippen molar-refractivity contribution in [2.75, 3.05) is 0 Å². The van der Waals surface area contributed by atoms with Crippen molar-refractivity contribution in [3.63, 3.8) is 0 Å². The maximum Gasteiger partial charge on any atom is 2.00 e. The molecule has 0 heterocycles. The van der Waals surface area contributed by atoms with Crippen LogP contribution in [-0.2, 0) is 85.7 Å². The summed E-state index contributed by atoms with van der Waals surface area (Å²) in [5, 5.41) is 0. The van der Waals surface area contributed by atoms with E-state index in [1.54, 1.807) is 0 Å². The van der Waals surface area contributed by atoms with Crippen LogP contribution in [0, 0.1) is 0 Å². The van der Waals surface area contributed by atoms with Crippen LogP contribution in [0.1, 0.15) is 83.1 Å². The van der Waals surface area contributed by atoms with E-state index in [1.165, 1.54) is 0 Å². The molecule has 27 heavy (non-hydrogen) atoms. The van der Waals surface area contributed by atoms with Crippen LogP contribution < -0.4 is 0 Å². The van der Waals surface area contributed by atoms with E-state index in [4.69, 9.17) is 66.2 Å². The van der Waals surface area contributed by atoms with Crippen molar-refractivity contribution < 1.29 is 37.6 Å². The molecule has 0 fully saturated rings. The van der Waals surface area contributed by atoms with Gasteiger partial charge in [-0.05, 0) is 83.1 Å². The van der Waals surface area contributed by atoms with Crippen LogP contribution in [0.5, 0.6) is 0 Å². The first kappa shape index (κ1) is 34.1. The minimum absolute atomic E-state index is 0. The predicted octanol–water partition coefficient (Wildman–Crippen LogP) is 6.77. The fourth-order valence-corrected chi connectivity index (χ4v) is 9.50. The SMILES string of the molecule is CC(C)(C)OP(=S)([S-])OC(C)(C)C.CC(C)(C)OP(=S)([S-])OC(C)(C)C.[Zn+2]. The molecule has 160 valence electrons. The molecule has 0 rings (SSSR count). The number of rotatable bonds is 4. The van der Waals surface area contributed by atoms with E-state index in [2.05, 4.69) is 0 Å². The van der Waals surface area contributed by atoms with Gasteiger partial charge in [0.1, 0.15) is 0 Å². The Morgan fingerprint density at radius 3 is 0.667 bits per heavy atom. The second kappa shape index (κ2) is 11.9. The smallest absolute Gasteiger partial charge is 0.691 e. The van der Waals surface area contributed by atoms with Crippen molar-refractivity contribution in [2.24, 2.45) is 0 Å². The van der Waals surface area contributed by atoms with E-state index in [-0.39, 0.29) is 41.9 Å². The fraction of sp³-hybridized carbons (Fsp3) is 1.00. The molecule has 4 nitrogen and oxygen atoms in total. The summed E-state index contributed by atoms with van der Waals surface area (Å²) in [6.07, 6.45) is 0. The summed E-state index contributed by atoms with van der Waals surface area (Å²) in [6, 6.07) is 0. The second-order valence-electron chi connectivity index (χ2n) is 9.71. The van der Waals surface area contributed by atoms with Crippen LogP contribution in [0.4, 0.5) is 0 Å². The molecule has 0 aliphatic rings. The van der Waals surface area contributed by atoms with E-state index in [9.17, 15) is 0 Å². The average molecular weight is 548 g/mol. The van der Waals surface area contributed by atoms with Crippen LogP contribution in [0.15, 0.2) is 0 Å². The summed E-state index contributed by atoms with van der Waals surface area (Å²) in [6.45, 7) is 23.1. The molecule has 0 aromatic carbocycles. The minimum atomic E-state index is -2.52. The molecule has 0 unspecified atom stereocenters. The molecular formula is C16H36O4P2S4Zn. The van der Waals surface area contributed by atoms with Gasteiger partial charge in [0.25, 0.3) is 0 Å². The quantitative estimate of drug-likeness (QED) is 0.217. The zero-order valence-electron chi connectivity index (χ0n) is 18.9. The van der Waals surface area contributed by atoms with Crippen LogP contribution in [0.2, 0.25) is 0 Å². The van der Waals surface area contributed by atoms with Gasteiger partial charge in [0.2, 0.25) is 0 Å². The third kappa shape index (κ3) is 28.5. The van der Waals surface area contributed by atoms with Crippen LogP contribution in [0.3, 0.4) is 0 Å². The first-order valence-electron chi connectivity index (χ1n) is 8.28. The molecule has 0 aliphatic heterocycles. The second-order valence-corrected chi connectivity index (χ2v) is 19.4. The average Bonchev–Trinajstić information content (AvgIpc) is 1.97. The van der Waals surface area contributed by atoms with Crippen LogP contribution in [-0.4, -0.2) is 22.4 Å². The zero-order valence-corrected chi connectivity index (χ0v) is 26.9. The molecule has 0 aromatic heterocycles. The molecule has 0 amide bonds. The Labute approximate surface area is 201 Å². The van der Waals surface area contributed by atoms with Gasteiger partial charge in [0.15, 0.2) is 0 Å². The maximum absolute atomic E-state index is 5.52. The van der Waals surface area contributed by atoms with Gasteiger partial charge in [-0.2, -0.15) is 0 Å². The third-order valence-corrected chi connectivity index (χ3v) is 6.42. The van der Waals surface area contributed by atoms with Gasteiger partial charge in [0, 0.05) is 0 Å². The summed E-state index contributed by atoms with van der Waals surface area (Å²) < 4.78 is 22.1.